The molecule has 0 saturated carbocycles. The number of rotatable bonds is 4. The molecule has 0 aliphatic heterocycles. The Kier molecular flexibility index (Phi) is 4.27. The molecule has 0 aliphatic rings. The SMILES string of the molecule is N#Cc1ccc(OCc2cccc(C(=O)NN)n2)cc1. The predicted octanol–water partition coefficient (Wildman–Crippen LogP) is 1.14. The summed E-state index contributed by atoms with van der Waals surface area (Å²) in [6.07, 6.45) is 0. The molecule has 1 aromatic heterocycles. The maximum absolute atomic E-state index is 11.3. The standard InChI is InChI=1S/C14H12N4O2/c15-8-10-4-6-12(7-5-10)20-9-11-2-1-3-13(17-11)14(19)18-16/h1-7H,9,16H2,(H,18,19). The lowest BCUT2D eigenvalue weighted by Crippen LogP contribution is -2.30. The second-order valence-corrected chi connectivity index (χ2v) is 3.91. The van der Waals surface area contributed by atoms with Gasteiger partial charge in [-0.3, -0.25) is 10.2 Å². The zero-order chi connectivity index (χ0) is 14.4. The molecule has 0 spiro atoms. The van der Waals surface area contributed by atoms with Crippen LogP contribution >= 0.6 is 0 Å². The quantitative estimate of drug-likeness (QED) is 0.492. The summed E-state index contributed by atoms with van der Waals surface area (Å²) < 4.78 is 5.53. The number of aromatic nitrogens is 1. The minimum Gasteiger partial charge on any atom is -0.487 e. The van der Waals surface area contributed by atoms with Crippen molar-refractivity contribution >= 4 is 5.91 Å². The van der Waals surface area contributed by atoms with Crippen molar-refractivity contribution in [2.24, 2.45) is 5.84 Å². The van der Waals surface area contributed by atoms with E-state index in [0.29, 0.717) is 17.0 Å². The number of hydrazine groups is 1. The van der Waals surface area contributed by atoms with Crippen LogP contribution in [-0.2, 0) is 6.61 Å². The van der Waals surface area contributed by atoms with E-state index in [0.717, 1.165) is 0 Å². The number of nitrogens with zero attached hydrogens (tertiary/aromatic N) is 2. The van der Waals surface area contributed by atoms with Crippen LogP contribution in [0, 0.1) is 11.3 Å². The van der Waals surface area contributed by atoms with E-state index in [-0.39, 0.29) is 12.3 Å². The lowest BCUT2D eigenvalue weighted by molar-refractivity contribution is 0.0948. The molecule has 0 saturated heterocycles. The first-order chi connectivity index (χ1) is 9.72. The van der Waals surface area contributed by atoms with Crippen LogP contribution in [0.2, 0.25) is 0 Å². The number of nitriles is 1. The molecular formula is C14H12N4O2. The van der Waals surface area contributed by atoms with E-state index >= 15 is 0 Å². The summed E-state index contributed by atoms with van der Waals surface area (Å²) in [5.74, 6) is 5.22. The number of carbonyl (C=O) groups is 1. The second-order valence-electron chi connectivity index (χ2n) is 3.91. The van der Waals surface area contributed by atoms with E-state index < -0.39 is 5.91 Å². The molecule has 0 aliphatic carbocycles. The summed E-state index contributed by atoms with van der Waals surface area (Å²) in [6, 6.07) is 13.8. The van der Waals surface area contributed by atoms with Gasteiger partial charge in [-0.2, -0.15) is 5.26 Å². The summed E-state index contributed by atoms with van der Waals surface area (Å²) in [4.78, 5) is 15.5. The Morgan fingerprint density at radius 1 is 1.30 bits per heavy atom. The van der Waals surface area contributed by atoms with Crippen molar-refractivity contribution in [1.82, 2.24) is 10.4 Å². The van der Waals surface area contributed by atoms with E-state index in [1.807, 2.05) is 11.5 Å². The van der Waals surface area contributed by atoms with E-state index in [9.17, 15) is 4.79 Å². The molecule has 1 heterocycles. The lowest BCUT2D eigenvalue weighted by Gasteiger charge is -2.06. The van der Waals surface area contributed by atoms with Crippen LogP contribution in [0.15, 0.2) is 42.5 Å². The predicted molar refractivity (Wildman–Crippen MR) is 71.4 cm³/mol. The van der Waals surface area contributed by atoms with Crippen molar-refractivity contribution in [2.75, 3.05) is 0 Å². The van der Waals surface area contributed by atoms with Gasteiger partial charge in [-0.05, 0) is 36.4 Å². The zero-order valence-electron chi connectivity index (χ0n) is 10.5. The Bertz CT molecular complexity index is 647. The molecule has 0 bridgehead atoms. The Morgan fingerprint density at radius 3 is 2.70 bits per heavy atom. The summed E-state index contributed by atoms with van der Waals surface area (Å²) >= 11 is 0. The van der Waals surface area contributed by atoms with Crippen molar-refractivity contribution in [3.8, 4) is 11.8 Å². The first kappa shape index (κ1) is 13.5. The Balaban J connectivity index is 2.03. The smallest absolute Gasteiger partial charge is 0.283 e. The van der Waals surface area contributed by atoms with Gasteiger partial charge >= 0.3 is 0 Å². The molecule has 100 valence electrons. The van der Waals surface area contributed by atoms with Crippen molar-refractivity contribution in [2.45, 2.75) is 6.61 Å². The van der Waals surface area contributed by atoms with Gasteiger partial charge in [-0.15, -0.1) is 0 Å². The Labute approximate surface area is 115 Å². The van der Waals surface area contributed by atoms with Crippen LogP contribution in [-0.4, -0.2) is 10.9 Å². The van der Waals surface area contributed by atoms with Crippen molar-refractivity contribution < 1.29 is 9.53 Å². The van der Waals surface area contributed by atoms with Crippen LogP contribution in [0.5, 0.6) is 5.75 Å². The number of pyridine rings is 1. The maximum Gasteiger partial charge on any atom is 0.283 e. The number of ether oxygens (including phenoxy) is 1. The van der Waals surface area contributed by atoms with Crippen LogP contribution in [0.4, 0.5) is 0 Å². The van der Waals surface area contributed by atoms with Crippen molar-refractivity contribution in [3.63, 3.8) is 0 Å². The van der Waals surface area contributed by atoms with Crippen LogP contribution < -0.4 is 16.0 Å². The topological polar surface area (TPSA) is 101 Å². The normalized spacial score (nSPS) is 9.60. The molecule has 1 aromatic carbocycles. The first-order valence-corrected chi connectivity index (χ1v) is 5.83. The van der Waals surface area contributed by atoms with Gasteiger partial charge in [0.25, 0.3) is 5.91 Å². The monoisotopic (exact) mass is 268 g/mol. The van der Waals surface area contributed by atoms with Crippen LogP contribution in [0.25, 0.3) is 0 Å². The van der Waals surface area contributed by atoms with Gasteiger partial charge < -0.3 is 4.74 Å². The third-order valence-electron chi connectivity index (χ3n) is 2.54. The third kappa shape index (κ3) is 3.31. The van der Waals surface area contributed by atoms with E-state index in [4.69, 9.17) is 15.8 Å². The zero-order valence-corrected chi connectivity index (χ0v) is 10.5. The fourth-order valence-corrected chi connectivity index (χ4v) is 1.54. The number of nitrogens with two attached hydrogens (primary N) is 1. The van der Waals surface area contributed by atoms with Gasteiger partial charge in [0, 0.05) is 0 Å². The number of carbonyl (C=O) groups excluding carboxylic acids is 1. The van der Waals surface area contributed by atoms with Crippen LogP contribution in [0.1, 0.15) is 21.7 Å². The second kappa shape index (κ2) is 6.31. The summed E-state index contributed by atoms with van der Waals surface area (Å²) in [6.45, 7) is 0.220. The van der Waals surface area contributed by atoms with Gasteiger partial charge in [-0.25, -0.2) is 10.8 Å². The highest BCUT2D eigenvalue weighted by Gasteiger charge is 2.06. The molecule has 0 radical (unpaired) electrons. The summed E-state index contributed by atoms with van der Waals surface area (Å²) in [5.41, 5.74) is 3.43. The Morgan fingerprint density at radius 2 is 2.05 bits per heavy atom. The number of nitrogens with one attached hydrogen (secondary N) is 1. The van der Waals surface area contributed by atoms with Crippen molar-refractivity contribution in [1.29, 1.82) is 5.26 Å². The molecule has 20 heavy (non-hydrogen) atoms. The molecule has 6 nitrogen and oxygen atoms in total. The fraction of sp³-hybridized carbons (Fsp3) is 0.0714. The summed E-state index contributed by atoms with van der Waals surface area (Å²) in [7, 11) is 0. The van der Waals surface area contributed by atoms with Crippen LogP contribution in [0.3, 0.4) is 0 Å². The minimum absolute atomic E-state index is 0.220. The fourth-order valence-electron chi connectivity index (χ4n) is 1.54. The molecule has 2 aromatic rings. The van der Waals surface area contributed by atoms with Gasteiger partial charge in [-0.1, -0.05) is 6.07 Å². The van der Waals surface area contributed by atoms with E-state index in [2.05, 4.69) is 4.98 Å². The van der Waals surface area contributed by atoms with Gasteiger partial charge in [0.15, 0.2) is 0 Å². The Hall–Kier alpha value is -2.91. The number of hydrogen-bond donors (Lipinski definition) is 2. The van der Waals surface area contributed by atoms with E-state index in [1.165, 1.54) is 0 Å². The van der Waals surface area contributed by atoms with Gasteiger partial charge in [0.05, 0.1) is 17.3 Å². The lowest BCUT2D eigenvalue weighted by atomic mass is 10.2. The molecule has 3 N–H and O–H groups in total. The molecular weight excluding hydrogens is 256 g/mol. The molecule has 0 unspecified atom stereocenters. The molecule has 1 amide bonds. The largest absolute Gasteiger partial charge is 0.487 e. The first-order valence-electron chi connectivity index (χ1n) is 5.83. The highest BCUT2D eigenvalue weighted by Crippen LogP contribution is 2.13. The highest BCUT2D eigenvalue weighted by atomic mass is 16.5. The van der Waals surface area contributed by atoms with E-state index in [1.54, 1.807) is 42.5 Å². The average molecular weight is 268 g/mol. The van der Waals surface area contributed by atoms with Crippen molar-refractivity contribution in [3.05, 3.63) is 59.4 Å². The van der Waals surface area contributed by atoms with Gasteiger partial charge in [0.2, 0.25) is 0 Å². The number of benzene rings is 1. The van der Waals surface area contributed by atoms with Gasteiger partial charge in [0.1, 0.15) is 18.1 Å². The molecule has 0 fully saturated rings. The summed E-state index contributed by atoms with van der Waals surface area (Å²) in [5, 5.41) is 8.69. The molecule has 2 rings (SSSR count). The number of amides is 1. The maximum atomic E-state index is 11.3. The highest BCUT2D eigenvalue weighted by molar-refractivity contribution is 5.91. The third-order valence-corrected chi connectivity index (χ3v) is 2.54. The number of hydrogen-bond acceptors (Lipinski definition) is 5. The molecule has 0 atom stereocenters. The number of nitrogen functional groups attached to an aromatic ring is 1. The molecule has 6 heteroatoms. The average Bonchev–Trinajstić information content (AvgIpc) is 2.53. The minimum atomic E-state index is -0.453.